The average molecular weight is 414 g/mol. The Morgan fingerprint density at radius 2 is 1.90 bits per heavy atom. The first kappa shape index (κ1) is 21.2. The van der Waals surface area contributed by atoms with Crippen LogP contribution >= 0.6 is 0 Å². The Kier molecular flexibility index (Phi) is 5.65. The molecular formula is C22H24FN3O2S. The Labute approximate surface area is 172 Å². The molecule has 5 nitrogen and oxygen atoms in total. The standard InChI is InChI=1S/C22H24FN3O2S/c1-13-11-16(14(2)25-29(28)22(3,4)5)19-17(12-13)21(27)26(6)20(24-19)15-9-7-8-10-18(15)23/h7-12H,1-6H3. The monoisotopic (exact) mass is 413 g/mol. The second-order valence-corrected chi connectivity index (χ2v) is 9.93. The van der Waals surface area contributed by atoms with Gasteiger partial charge in [-0.2, -0.15) is 0 Å². The topological polar surface area (TPSA) is 70.3 Å². The van der Waals surface area contributed by atoms with Crippen LogP contribution in [-0.2, 0) is 18.4 Å². The zero-order valence-electron chi connectivity index (χ0n) is 17.4. The van der Waals surface area contributed by atoms with Crippen LogP contribution in [-0.4, -0.2) is 24.6 Å². The van der Waals surface area contributed by atoms with Crippen molar-refractivity contribution in [3.8, 4) is 11.4 Å². The molecular weight excluding hydrogens is 389 g/mol. The van der Waals surface area contributed by atoms with Gasteiger partial charge in [-0.1, -0.05) is 16.5 Å². The second kappa shape index (κ2) is 7.72. The fourth-order valence-electron chi connectivity index (χ4n) is 2.99. The van der Waals surface area contributed by atoms with E-state index in [4.69, 9.17) is 0 Å². The zero-order valence-corrected chi connectivity index (χ0v) is 18.2. The van der Waals surface area contributed by atoms with E-state index in [2.05, 4.69) is 9.38 Å². The van der Waals surface area contributed by atoms with Crippen molar-refractivity contribution in [2.45, 2.75) is 39.4 Å². The van der Waals surface area contributed by atoms with Crippen LogP contribution in [0.4, 0.5) is 4.39 Å². The summed E-state index contributed by atoms with van der Waals surface area (Å²) in [6, 6.07) is 9.83. The van der Waals surface area contributed by atoms with Crippen LogP contribution in [0.1, 0.15) is 38.8 Å². The number of aryl methyl sites for hydroxylation is 1. The van der Waals surface area contributed by atoms with E-state index in [1.807, 2.05) is 33.8 Å². The highest BCUT2D eigenvalue weighted by Gasteiger charge is 2.27. The highest BCUT2D eigenvalue weighted by Crippen LogP contribution is 2.25. The van der Waals surface area contributed by atoms with Gasteiger partial charge in [0.2, 0.25) is 0 Å². The SMILES string of the molecule is CC(=N[S+]([O-])C(C)(C)C)c1cc(C)cc2c(=O)n(C)c(-c3ccccc3F)nc12. The third-order valence-electron chi connectivity index (χ3n) is 4.57. The molecule has 0 saturated heterocycles. The fraction of sp³-hybridized carbons (Fsp3) is 0.318. The van der Waals surface area contributed by atoms with E-state index in [1.165, 1.54) is 10.6 Å². The molecule has 3 rings (SSSR count). The summed E-state index contributed by atoms with van der Waals surface area (Å²) in [7, 11) is 1.58. The minimum absolute atomic E-state index is 0.232. The number of rotatable bonds is 3. The van der Waals surface area contributed by atoms with Crippen LogP contribution in [0, 0.1) is 12.7 Å². The van der Waals surface area contributed by atoms with Crippen molar-refractivity contribution < 1.29 is 8.94 Å². The van der Waals surface area contributed by atoms with Crippen molar-refractivity contribution in [1.82, 2.24) is 9.55 Å². The van der Waals surface area contributed by atoms with Crippen LogP contribution in [0.15, 0.2) is 45.6 Å². The maximum absolute atomic E-state index is 14.4. The normalized spacial score (nSPS) is 13.7. The van der Waals surface area contributed by atoms with Crippen LogP contribution < -0.4 is 5.56 Å². The van der Waals surface area contributed by atoms with Gasteiger partial charge >= 0.3 is 0 Å². The predicted molar refractivity (Wildman–Crippen MR) is 117 cm³/mol. The minimum atomic E-state index is -1.46. The van der Waals surface area contributed by atoms with Gasteiger partial charge in [-0.25, -0.2) is 9.37 Å². The Bertz CT molecular complexity index is 1180. The minimum Gasteiger partial charge on any atom is -0.591 e. The molecule has 29 heavy (non-hydrogen) atoms. The molecule has 0 aliphatic rings. The molecule has 0 fully saturated rings. The summed E-state index contributed by atoms with van der Waals surface area (Å²) in [6.45, 7) is 9.16. The summed E-state index contributed by atoms with van der Waals surface area (Å²) in [5, 5.41) is 0.415. The first-order chi connectivity index (χ1) is 13.5. The molecule has 0 aliphatic carbocycles. The quantitative estimate of drug-likeness (QED) is 0.474. The Balaban J connectivity index is 2.34. The number of hydrogen-bond acceptors (Lipinski definition) is 4. The van der Waals surface area contributed by atoms with Gasteiger partial charge in [0, 0.05) is 12.6 Å². The van der Waals surface area contributed by atoms with Gasteiger partial charge < -0.3 is 4.55 Å². The lowest BCUT2D eigenvalue weighted by atomic mass is 10.0. The van der Waals surface area contributed by atoms with Gasteiger partial charge in [0.15, 0.2) is 0 Å². The van der Waals surface area contributed by atoms with Gasteiger partial charge in [-0.15, -0.1) is 0 Å². The van der Waals surface area contributed by atoms with Gasteiger partial charge in [-0.05, 0) is 64.4 Å². The third kappa shape index (κ3) is 4.11. The molecule has 0 aliphatic heterocycles. The maximum Gasteiger partial charge on any atom is 0.261 e. The van der Waals surface area contributed by atoms with E-state index < -0.39 is 21.9 Å². The van der Waals surface area contributed by atoms with Crippen molar-refractivity contribution in [2.24, 2.45) is 11.4 Å². The summed E-state index contributed by atoms with van der Waals surface area (Å²) in [5.41, 5.74) is 2.39. The van der Waals surface area contributed by atoms with Gasteiger partial charge in [0.25, 0.3) is 5.56 Å². The zero-order chi connectivity index (χ0) is 21.5. The molecule has 1 heterocycles. The first-order valence-electron chi connectivity index (χ1n) is 9.24. The van der Waals surface area contributed by atoms with Crippen molar-refractivity contribution >= 4 is 28.0 Å². The smallest absolute Gasteiger partial charge is 0.261 e. The molecule has 7 heteroatoms. The molecule has 0 bridgehead atoms. The van der Waals surface area contributed by atoms with E-state index in [-0.39, 0.29) is 16.9 Å². The summed E-state index contributed by atoms with van der Waals surface area (Å²) in [5.74, 6) is -0.224. The molecule has 2 aromatic carbocycles. The maximum atomic E-state index is 14.4. The van der Waals surface area contributed by atoms with Gasteiger partial charge in [0.1, 0.15) is 27.8 Å². The lowest BCUT2D eigenvalue weighted by Crippen LogP contribution is -2.27. The van der Waals surface area contributed by atoms with E-state index in [9.17, 15) is 13.7 Å². The second-order valence-electron chi connectivity index (χ2n) is 8.03. The summed E-state index contributed by atoms with van der Waals surface area (Å²) in [4.78, 5) is 17.7. The third-order valence-corrected chi connectivity index (χ3v) is 6.06. The van der Waals surface area contributed by atoms with Crippen LogP contribution in [0.25, 0.3) is 22.3 Å². The fourth-order valence-corrected chi connectivity index (χ4v) is 3.61. The summed E-state index contributed by atoms with van der Waals surface area (Å²) >= 11 is -1.46. The molecule has 1 unspecified atom stereocenters. The Hall–Kier alpha value is -2.51. The highest BCUT2D eigenvalue weighted by molar-refractivity contribution is 7.91. The number of nitrogens with zero attached hydrogens (tertiary/aromatic N) is 3. The highest BCUT2D eigenvalue weighted by atomic mass is 32.2. The molecule has 0 saturated carbocycles. The molecule has 0 spiro atoms. The predicted octanol–water partition coefficient (Wildman–Crippen LogP) is 4.32. The summed E-state index contributed by atoms with van der Waals surface area (Å²) < 4.78 is 32.1. The average Bonchev–Trinajstić information content (AvgIpc) is 2.64. The molecule has 0 radical (unpaired) electrons. The summed E-state index contributed by atoms with van der Waals surface area (Å²) in [6.07, 6.45) is 0. The lowest BCUT2D eigenvalue weighted by molar-refractivity contribution is 0.561. The molecule has 0 N–H and O–H groups in total. The largest absolute Gasteiger partial charge is 0.591 e. The van der Waals surface area contributed by atoms with Gasteiger partial charge in [0.05, 0.1) is 22.2 Å². The van der Waals surface area contributed by atoms with E-state index in [1.54, 1.807) is 38.2 Å². The molecule has 1 aromatic heterocycles. The number of hydrogen-bond donors (Lipinski definition) is 0. The van der Waals surface area contributed by atoms with Crippen LogP contribution in [0.5, 0.6) is 0 Å². The Morgan fingerprint density at radius 1 is 1.24 bits per heavy atom. The number of aromatic nitrogens is 2. The van der Waals surface area contributed by atoms with Crippen molar-refractivity contribution in [3.63, 3.8) is 0 Å². The van der Waals surface area contributed by atoms with Crippen molar-refractivity contribution in [1.29, 1.82) is 0 Å². The van der Waals surface area contributed by atoms with E-state index in [0.717, 1.165) is 5.56 Å². The van der Waals surface area contributed by atoms with E-state index in [0.29, 0.717) is 22.2 Å². The number of fused-ring (bicyclic) bond motifs is 1. The van der Waals surface area contributed by atoms with Crippen LogP contribution in [0.2, 0.25) is 0 Å². The molecule has 3 aromatic rings. The van der Waals surface area contributed by atoms with Crippen molar-refractivity contribution in [2.75, 3.05) is 0 Å². The molecule has 0 amide bonds. The first-order valence-corrected chi connectivity index (χ1v) is 10.4. The number of benzene rings is 2. The van der Waals surface area contributed by atoms with Crippen molar-refractivity contribution in [3.05, 3.63) is 63.7 Å². The Morgan fingerprint density at radius 3 is 2.52 bits per heavy atom. The van der Waals surface area contributed by atoms with E-state index >= 15 is 0 Å². The molecule has 152 valence electrons. The number of halogens is 1. The van der Waals surface area contributed by atoms with Gasteiger partial charge in [-0.3, -0.25) is 9.36 Å². The van der Waals surface area contributed by atoms with Crippen LogP contribution in [0.3, 0.4) is 0 Å². The molecule has 1 atom stereocenters. The lowest BCUT2D eigenvalue weighted by Gasteiger charge is -2.19.